The van der Waals surface area contributed by atoms with Gasteiger partial charge in [-0.25, -0.2) is 9.37 Å². The molecule has 2 aromatic carbocycles. The number of para-hydroxylation sites is 1. The number of halogens is 2. The number of imidazole rings is 1. The Labute approximate surface area is 165 Å². The van der Waals surface area contributed by atoms with Crippen LogP contribution in [0.3, 0.4) is 0 Å². The van der Waals surface area contributed by atoms with Gasteiger partial charge in [0.05, 0.1) is 10.2 Å². The maximum absolute atomic E-state index is 13.2. The molecule has 5 nitrogen and oxygen atoms in total. The number of amides is 1. The van der Waals surface area contributed by atoms with Crippen LogP contribution in [0, 0.1) is 12.7 Å². The van der Waals surface area contributed by atoms with Crippen molar-refractivity contribution in [3.63, 3.8) is 0 Å². The summed E-state index contributed by atoms with van der Waals surface area (Å²) in [5, 5.41) is 2.88. The molecule has 3 aromatic rings. The van der Waals surface area contributed by atoms with Crippen LogP contribution in [0.4, 0.5) is 4.39 Å². The number of nitrogens with zero attached hydrogens (tertiary/aromatic N) is 2. The average Bonchev–Trinajstić information content (AvgIpc) is 3.08. The van der Waals surface area contributed by atoms with Gasteiger partial charge in [-0.3, -0.25) is 4.79 Å². The lowest BCUT2D eigenvalue weighted by atomic mass is 10.1. The predicted molar refractivity (Wildman–Crippen MR) is 104 cm³/mol. The Morgan fingerprint density at radius 1 is 1.33 bits per heavy atom. The fourth-order valence-electron chi connectivity index (χ4n) is 2.67. The van der Waals surface area contributed by atoms with Crippen molar-refractivity contribution < 1.29 is 13.9 Å². The van der Waals surface area contributed by atoms with E-state index in [4.69, 9.17) is 4.74 Å². The summed E-state index contributed by atoms with van der Waals surface area (Å²) in [4.78, 5) is 16.7. The lowest BCUT2D eigenvalue weighted by molar-refractivity contribution is -0.127. The minimum absolute atomic E-state index is 0.261. The zero-order valence-corrected chi connectivity index (χ0v) is 16.5. The smallest absolute Gasteiger partial charge is 0.261 e. The molecule has 0 aliphatic carbocycles. The normalized spacial score (nSPS) is 11.9. The van der Waals surface area contributed by atoms with Crippen molar-refractivity contribution in [1.29, 1.82) is 0 Å². The number of nitrogens with one attached hydrogen (secondary N) is 1. The van der Waals surface area contributed by atoms with Crippen LogP contribution in [-0.4, -0.2) is 21.6 Å². The topological polar surface area (TPSA) is 56.2 Å². The van der Waals surface area contributed by atoms with Crippen molar-refractivity contribution in [3.05, 3.63) is 76.5 Å². The number of aromatic nitrogens is 2. The second-order valence-electron chi connectivity index (χ2n) is 6.03. The summed E-state index contributed by atoms with van der Waals surface area (Å²) in [6, 6.07) is 11.9. The molecule has 0 aliphatic heterocycles. The van der Waals surface area contributed by atoms with Crippen molar-refractivity contribution in [2.24, 2.45) is 0 Å². The van der Waals surface area contributed by atoms with E-state index in [2.05, 4.69) is 26.2 Å². The van der Waals surface area contributed by atoms with E-state index >= 15 is 0 Å². The monoisotopic (exact) mass is 431 g/mol. The van der Waals surface area contributed by atoms with Crippen LogP contribution in [0.1, 0.15) is 18.3 Å². The lowest BCUT2D eigenvalue weighted by Crippen LogP contribution is -2.36. The lowest BCUT2D eigenvalue weighted by Gasteiger charge is -2.17. The van der Waals surface area contributed by atoms with Crippen molar-refractivity contribution in [3.8, 4) is 11.4 Å². The van der Waals surface area contributed by atoms with Gasteiger partial charge in [-0.2, -0.15) is 0 Å². The first-order valence-corrected chi connectivity index (χ1v) is 9.22. The molecular formula is C20H19BrFN3O2. The van der Waals surface area contributed by atoms with Crippen LogP contribution in [0.15, 0.2) is 59.3 Å². The van der Waals surface area contributed by atoms with Gasteiger partial charge < -0.3 is 14.6 Å². The SMILES string of the molecule is Cc1nccn1-c1ccccc1CNC(=O)C(C)Oc1ccc(F)cc1Br. The van der Waals surface area contributed by atoms with Crippen LogP contribution in [0.25, 0.3) is 5.69 Å². The minimum atomic E-state index is -0.728. The highest BCUT2D eigenvalue weighted by Crippen LogP contribution is 2.26. The van der Waals surface area contributed by atoms with E-state index in [-0.39, 0.29) is 11.7 Å². The van der Waals surface area contributed by atoms with Crippen molar-refractivity contribution in [1.82, 2.24) is 14.9 Å². The van der Waals surface area contributed by atoms with E-state index in [1.54, 1.807) is 13.1 Å². The summed E-state index contributed by atoms with van der Waals surface area (Å²) in [5.74, 6) is 0.640. The summed E-state index contributed by atoms with van der Waals surface area (Å²) < 4.78 is 21.2. The molecule has 1 unspecified atom stereocenters. The predicted octanol–water partition coefficient (Wildman–Crippen LogP) is 4.17. The van der Waals surface area contributed by atoms with Crippen LogP contribution >= 0.6 is 15.9 Å². The zero-order chi connectivity index (χ0) is 19.4. The van der Waals surface area contributed by atoms with Gasteiger partial charge in [0.1, 0.15) is 17.4 Å². The molecule has 0 aliphatic rings. The Bertz CT molecular complexity index is 958. The summed E-state index contributed by atoms with van der Waals surface area (Å²) in [6.07, 6.45) is 2.89. The van der Waals surface area contributed by atoms with E-state index in [0.717, 1.165) is 17.1 Å². The number of rotatable bonds is 6. The van der Waals surface area contributed by atoms with Gasteiger partial charge in [-0.05, 0) is 59.6 Å². The molecule has 27 heavy (non-hydrogen) atoms. The highest BCUT2D eigenvalue weighted by Gasteiger charge is 2.17. The summed E-state index contributed by atoms with van der Waals surface area (Å²) >= 11 is 3.23. The van der Waals surface area contributed by atoms with Gasteiger partial charge in [0, 0.05) is 18.9 Å². The van der Waals surface area contributed by atoms with Crippen molar-refractivity contribution in [2.75, 3.05) is 0 Å². The van der Waals surface area contributed by atoms with Crippen LogP contribution in [0.5, 0.6) is 5.75 Å². The largest absolute Gasteiger partial charge is 0.480 e. The molecule has 0 spiro atoms. The molecule has 1 N–H and O–H groups in total. The van der Waals surface area contributed by atoms with E-state index in [1.165, 1.54) is 18.2 Å². The van der Waals surface area contributed by atoms with Gasteiger partial charge in [0.2, 0.25) is 0 Å². The summed E-state index contributed by atoms with van der Waals surface area (Å²) in [5.41, 5.74) is 1.92. The maximum Gasteiger partial charge on any atom is 0.261 e. The molecule has 1 amide bonds. The Morgan fingerprint density at radius 3 is 2.81 bits per heavy atom. The Hall–Kier alpha value is -2.67. The second-order valence-corrected chi connectivity index (χ2v) is 6.88. The molecular weight excluding hydrogens is 413 g/mol. The van der Waals surface area contributed by atoms with E-state index in [0.29, 0.717) is 16.8 Å². The number of hydrogen-bond acceptors (Lipinski definition) is 3. The molecule has 0 fully saturated rings. The van der Waals surface area contributed by atoms with Crippen LogP contribution < -0.4 is 10.1 Å². The number of hydrogen-bond donors (Lipinski definition) is 1. The van der Waals surface area contributed by atoms with Gasteiger partial charge in [0.25, 0.3) is 5.91 Å². The third-order valence-electron chi connectivity index (χ3n) is 4.10. The highest BCUT2D eigenvalue weighted by atomic mass is 79.9. The Balaban J connectivity index is 1.66. The molecule has 0 saturated heterocycles. The Morgan fingerprint density at radius 2 is 2.11 bits per heavy atom. The highest BCUT2D eigenvalue weighted by molar-refractivity contribution is 9.10. The molecule has 1 aromatic heterocycles. The van der Waals surface area contributed by atoms with E-state index in [1.807, 2.05) is 42.0 Å². The fraction of sp³-hybridized carbons (Fsp3) is 0.200. The van der Waals surface area contributed by atoms with Crippen molar-refractivity contribution in [2.45, 2.75) is 26.5 Å². The summed E-state index contributed by atoms with van der Waals surface area (Å²) in [6.45, 7) is 3.92. The second kappa shape index (κ2) is 8.35. The number of carbonyl (C=O) groups is 1. The number of benzene rings is 2. The molecule has 3 rings (SSSR count). The van der Waals surface area contributed by atoms with Crippen molar-refractivity contribution >= 4 is 21.8 Å². The molecule has 1 atom stereocenters. The van der Waals surface area contributed by atoms with Gasteiger partial charge in [0.15, 0.2) is 6.10 Å². The third-order valence-corrected chi connectivity index (χ3v) is 4.72. The van der Waals surface area contributed by atoms with Gasteiger partial charge >= 0.3 is 0 Å². The quantitative estimate of drug-likeness (QED) is 0.637. The standard InChI is InChI=1S/C20H19BrFN3O2/c1-13(27-19-8-7-16(22)11-17(19)21)20(26)24-12-15-5-3-4-6-18(15)25-10-9-23-14(25)2/h3-11,13H,12H2,1-2H3,(H,24,26). The first kappa shape index (κ1) is 19.1. The fourth-order valence-corrected chi connectivity index (χ4v) is 3.11. The molecule has 0 saturated carbocycles. The van der Waals surface area contributed by atoms with Gasteiger partial charge in [-0.15, -0.1) is 0 Å². The number of aryl methyl sites for hydroxylation is 1. The van der Waals surface area contributed by atoms with Crippen LogP contribution in [0.2, 0.25) is 0 Å². The van der Waals surface area contributed by atoms with E-state index < -0.39 is 6.10 Å². The van der Waals surface area contributed by atoms with E-state index in [9.17, 15) is 9.18 Å². The van der Waals surface area contributed by atoms with Gasteiger partial charge in [-0.1, -0.05) is 18.2 Å². The molecule has 140 valence electrons. The third kappa shape index (κ3) is 4.54. The first-order chi connectivity index (χ1) is 13.0. The maximum atomic E-state index is 13.2. The average molecular weight is 432 g/mol. The molecule has 7 heteroatoms. The molecule has 0 radical (unpaired) electrons. The zero-order valence-electron chi connectivity index (χ0n) is 14.9. The molecule has 0 bridgehead atoms. The first-order valence-electron chi connectivity index (χ1n) is 8.43. The minimum Gasteiger partial charge on any atom is -0.480 e. The summed E-state index contributed by atoms with van der Waals surface area (Å²) in [7, 11) is 0. The Kier molecular flexibility index (Phi) is 5.91. The molecule has 1 heterocycles. The number of ether oxygens (including phenoxy) is 1. The number of carbonyl (C=O) groups excluding carboxylic acids is 1. The van der Waals surface area contributed by atoms with Crippen LogP contribution in [-0.2, 0) is 11.3 Å².